The fourth-order valence-electron chi connectivity index (χ4n) is 1.85. The first-order valence-electron chi connectivity index (χ1n) is 5.38. The van der Waals surface area contributed by atoms with Gasteiger partial charge in [-0.2, -0.15) is 0 Å². The molecule has 2 rings (SSSR count). The topological polar surface area (TPSA) is 80.0 Å². The van der Waals surface area contributed by atoms with Gasteiger partial charge in [0.15, 0.2) is 0 Å². The second-order valence-electron chi connectivity index (χ2n) is 4.32. The minimum absolute atomic E-state index is 0.448. The van der Waals surface area contributed by atoms with Gasteiger partial charge in [-0.15, -0.1) is 10.2 Å². The zero-order valence-electron chi connectivity index (χ0n) is 9.53. The van der Waals surface area contributed by atoms with Gasteiger partial charge in [0.05, 0.1) is 6.54 Å². The van der Waals surface area contributed by atoms with Crippen molar-refractivity contribution in [3.8, 4) is 0 Å². The molecular weight excluding hydrogens is 208 g/mol. The van der Waals surface area contributed by atoms with Crippen molar-refractivity contribution in [2.75, 3.05) is 0 Å². The Morgan fingerprint density at radius 1 is 1.56 bits per heavy atom. The van der Waals surface area contributed by atoms with E-state index in [-0.39, 0.29) is 0 Å². The molecule has 0 aliphatic heterocycles. The van der Waals surface area contributed by atoms with Crippen molar-refractivity contribution in [1.29, 1.82) is 0 Å². The van der Waals surface area contributed by atoms with Crippen LogP contribution in [0.4, 0.5) is 0 Å². The number of aryl methyl sites for hydroxylation is 1. The largest absolute Gasteiger partial charge is 0.480 e. The molecule has 1 aromatic rings. The summed E-state index contributed by atoms with van der Waals surface area (Å²) >= 11 is 0. The molecule has 2 N–H and O–H groups in total. The van der Waals surface area contributed by atoms with Crippen LogP contribution in [-0.4, -0.2) is 31.4 Å². The highest BCUT2D eigenvalue weighted by molar-refractivity contribution is 5.79. The normalized spacial score (nSPS) is 18.1. The molecule has 1 aliphatic carbocycles. The van der Waals surface area contributed by atoms with Gasteiger partial charge in [0.2, 0.25) is 0 Å². The molecule has 16 heavy (non-hydrogen) atoms. The first-order valence-corrected chi connectivity index (χ1v) is 5.38. The van der Waals surface area contributed by atoms with Crippen LogP contribution in [0.1, 0.15) is 30.9 Å². The molecule has 6 nitrogen and oxygen atoms in total. The maximum atomic E-state index is 11.1. The van der Waals surface area contributed by atoms with Crippen molar-refractivity contribution in [2.24, 2.45) is 7.05 Å². The van der Waals surface area contributed by atoms with Crippen LogP contribution in [0, 0.1) is 6.92 Å². The van der Waals surface area contributed by atoms with Crippen LogP contribution in [0.3, 0.4) is 0 Å². The molecule has 88 valence electrons. The van der Waals surface area contributed by atoms with Crippen molar-refractivity contribution in [3.05, 3.63) is 11.6 Å². The second-order valence-corrected chi connectivity index (χ2v) is 4.32. The van der Waals surface area contributed by atoms with Crippen LogP contribution < -0.4 is 5.32 Å². The highest BCUT2D eigenvalue weighted by Crippen LogP contribution is 2.32. The predicted molar refractivity (Wildman–Crippen MR) is 56.8 cm³/mol. The maximum Gasteiger partial charge on any atom is 0.323 e. The zero-order chi connectivity index (χ0) is 11.8. The van der Waals surface area contributed by atoms with E-state index >= 15 is 0 Å². The van der Waals surface area contributed by atoms with Gasteiger partial charge >= 0.3 is 5.97 Å². The lowest BCUT2D eigenvalue weighted by Gasteiger charge is -2.38. The number of hydrogen-bond donors (Lipinski definition) is 2. The average molecular weight is 224 g/mol. The number of hydrogen-bond acceptors (Lipinski definition) is 4. The van der Waals surface area contributed by atoms with Gasteiger partial charge in [0, 0.05) is 7.05 Å². The van der Waals surface area contributed by atoms with Gasteiger partial charge in [0.1, 0.15) is 17.2 Å². The first kappa shape index (κ1) is 11.1. The van der Waals surface area contributed by atoms with Crippen molar-refractivity contribution < 1.29 is 9.90 Å². The van der Waals surface area contributed by atoms with Crippen LogP contribution in [0.2, 0.25) is 0 Å². The van der Waals surface area contributed by atoms with Crippen LogP contribution >= 0.6 is 0 Å². The third-order valence-electron chi connectivity index (χ3n) is 3.38. The van der Waals surface area contributed by atoms with E-state index in [1.165, 1.54) is 0 Å². The summed E-state index contributed by atoms with van der Waals surface area (Å²) < 4.78 is 1.86. The number of nitrogens with zero attached hydrogens (tertiary/aromatic N) is 3. The van der Waals surface area contributed by atoms with Gasteiger partial charge in [0.25, 0.3) is 0 Å². The molecule has 0 unspecified atom stereocenters. The highest BCUT2D eigenvalue weighted by atomic mass is 16.4. The molecule has 0 bridgehead atoms. The average Bonchev–Trinajstić information content (AvgIpc) is 2.47. The molecular formula is C10H16N4O2. The molecule has 0 atom stereocenters. The zero-order valence-corrected chi connectivity index (χ0v) is 9.53. The highest BCUT2D eigenvalue weighted by Gasteiger charge is 2.44. The quantitative estimate of drug-likeness (QED) is 0.764. The van der Waals surface area contributed by atoms with Crippen molar-refractivity contribution in [1.82, 2.24) is 20.1 Å². The summed E-state index contributed by atoms with van der Waals surface area (Å²) in [5.74, 6) is 0.831. The molecule has 1 fully saturated rings. The Labute approximate surface area is 93.7 Å². The Hall–Kier alpha value is -1.43. The van der Waals surface area contributed by atoms with Crippen LogP contribution in [0.25, 0.3) is 0 Å². The fraction of sp³-hybridized carbons (Fsp3) is 0.700. The number of aliphatic carboxylic acids is 1. The molecule has 0 saturated heterocycles. The third-order valence-corrected chi connectivity index (χ3v) is 3.38. The fourth-order valence-corrected chi connectivity index (χ4v) is 1.85. The molecule has 6 heteroatoms. The summed E-state index contributed by atoms with van der Waals surface area (Å²) in [4.78, 5) is 11.1. The Bertz CT molecular complexity index is 409. The summed E-state index contributed by atoms with van der Waals surface area (Å²) in [6, 6.07) is 0. The summed E-state index contributed by atoms with van der Waals surface area (Å²) in [6.45, 7) is 2.32. The lowest BCUT2D eigenvalue weighted by Crippen LogP contribution is -2.56. The van der Waals surface area contributed by atoms with E-state index in [9.17, 15) is 4.79 Å². The standard InChI is InChI=1S/C10H16N4O2/c1-7-12-13-8(14(7)2)6-11-10(9(15)16)4-3-5-10/h11H,3-6H2,1-2H3,(H,15,16). The van der Waals surface area contributed by atoms with Crippen molar-refractivity contribution >= 4 is 5.97 Å². The molecule has 1 heterocycles. The summed E-state index contributed by atoms with van der Waals surface area (Å²) in [6.07, 6.45) is 2.36. The Morgan fingerprint density at radius 2 is 2.25 bits per heavy atom. The molecule has 1 aromatic heterocycles. The molecule has 0 spiro atoms. The summed E-state index contributed by atoms with van der Waals surface area (Å²) in [7, 11) is 1.88. The Balaban J connectivity index is 2.02. The van der Waals surface area contributed by atoms with E-state index in [0.29, 0.717) is 19.4 Å². The first-order chi connectivity index (χ1) is 7.55. The van der Waals surface area contributed by atoms with E-state index < -0.39 is 11.5 Å². The minimum atomic E-state index is -0.766. The van der Waals surface area contributed by atoms with E-state index in [4.69, 9.17) is 5.11 Å². The van der Waals surface area contributed by atoms with Gasteiger partial charge in [-0.25, -0.2) is 0 Å². The molecule has 0 amide bonds. The van der Waals surface area contributed by atoms with Crippen LogP contribution in [0.5, 0.6) is 0 Å². The molecule has 1 saturated carbocycles. The molecule has 0 aromatic carbocycles. The molecule has 1 aliphatic rings. The van der Waals surface area contributed by atoms with Gasteiger partial charge in [-0.05, 0) is 26.2 Å². The smallest absolute Gasteiger partial charge is 0.323 e. The van der Waals surface area contributed by atoms with Gasteiger partial charge in [-0.3, -0.25) is 10.1 Å². The van der Waals surface area contributed by atoms with Gasteiger partial charge in [-0.1, -0.05) is 0 Å². The monoisotopic (exact) mass is 224 g/mol. The SMILES string of the molecule is Cc1nnc(CNC2(C(=O)O)CCC2)n1C. The number of rotatable bonds is 4. The number of carboxylic acids is 1. The summed E-state index contributed by atoms with van der Waals surface area (Å²) in [5.41, 5.74) is -0.736. The van der Waals surface area contributed by atoms with Crippen molar-refractivity contribution in [3.63, 3.8) is 0 Å². The maximum absolute atomic E-state index is 11.1. The Morgan fingerprint density at radius 3 is 2.62 bits per heavy atom. The van der Waals surface area contributed by atoms with E-state index in [1.807, 2.05) is 18.5 Å². The van der Waals surface area contributed by atoms with Crippen LogP contribution in [-0.2, 0) is 18.4 Å². The lowest BCUT2D eigenvalue weighted by atomic mass is 9.77. The summed E-state index contributed by atoms with van der Waals surface area (Å²) in [5, 5.41) is 20.1. The van der Waals surface area contributed by atoms with E-state index in [0.717, 1.165) is 18.1 Å². The third kappa shape index (κ3) is 1.69. The van der Waals surface area contributed by atoms with Crippen molar-refractivity contribution in [2.45, 2.75) is 38.3 Å². The lowest BCUT2D eigenvalue weighted by molar-refractivity contribution is -0.148. The van der Waals surface area contributed by atoms with Gasteiger partial charge < -0.3 is 9.67 Å². The number of nitrogens with one attached hydrogen (secondary N) is 1. The van der Waals surface area contributed by atoms with E-state index in [1.54, 1.807) is 0 Å². The minimum Gasteiger partial charge on any atom is -0.480 e. The number of aromatic nitrogens is 3. The predicted octanol–water partition coefficient (Wildman–Crippen LogP) is 0.220. The molecule has 0 radical (unpaired) electrons. The van der Waals surface area contributed by atoms with E-state index in [2.05, 4.69) is 15.5 Å². The number of carboxylic acid groups (broad SMARTS) is 1. The number of carbonyl (C=O) groups is 1. The second kappa shape index (κ2) is 3.86. The Kier molecular flexibility index (Phi) is 2.67. The van der Waals surface area contributed by atoms with Crippen LogP contribution in [0.15, 0.2) is 0 Å².